The predicted molar refractivity (Wildman–Crippen MR) is 184 cm³/mol. The fourth-order valence-corrected chi connectivity index (χ4v) is 4.72. The van der Waals surface area contributed by atoms with Gasteiger partial charge in [-0.15, -0.1) is 0 Å². The maximum Gasteiger partial charge on any atom is 0.266 e. The van der Waals surface area contributed by atoms with Crippen molar-refractivity contribution in [3.05, 3.63) is 130 Å². The van der Waals surface area contributed by atoms with Crippen LogP contribution in [-0.2, 0) is 11.1 Å². The van der Waals surface area contributed by atoms with Gasteiger partial charge in [0.15, 0.2) is 17.9 Å². The van der Waals surface area contributed by atoms with Crippen LogP contribution in [0.1, 0.15) is 27.3 Å². The molecule has 1 atom stereocenters. The molecule has 48 heavy (non-hydrogen) atoms. The van der Waals surface area contributed by atoms with Crippen LogP contribution in [0.15, 0.2) is 90.0 Å². The van der Waals surface area contributed by atoms with Crippen molar-refractivity contribution >= 4 is 34.0 Å². The largest absolute Gasteiger partial charge is 0.454 e. The van der Waals surface area contributed by atoms with E-state index in [-0.39, 0.29) is 22.7 Å². The van der Waals surface area contributed by atoms with E-state index >= 15 is 0 Å². The number of hydrogen-bond donors (Lipinski definition) is 3. The number of hydrogen-bond acceptors (Lipinski definition) is 7. The first-order chi connectivity index (χ1) is 22.9. The minimum atomic E-state index is -1.61. The Labute approximate surface area is 277 Å². The fourth-order valence-electron chi connectivity index (χ4n) is 4.72. The SMILES string of the molecule is CNc1ccc(Oc2cc3cn[nH]c3cc2-c2ccc(C)nc2)c(F)c1.CS(=O)O.Cc1cc(C)n(-c2ccc(F)cc2)c(=O)c1C=O. The van der Waals surface area contributed by atoms with Crippen LogP contribution in [-0.4, -0.2) is 48.1 Å². The van der Waals surface area contributed by atoms with Crippen LogP contribution in [0.5, 0.6) is 11.5 Å². The molecular weight excluding hydrogens is 640 g/mol. The third-order valence-electron chi connectivity index (χ3n) is 7.04. The maximum atomic E-state index is 14.4. The molecule has 0 aliphatic heterocycles. The second-order valence-electron chi connectivity index (χ2n) is 10.5. The number of aromatic amines is 1. The van der Waals surface area contributed by atoms with Gasteiger partial charge < -0.3 is 14.6 Å². The Morgan fingerprint density at radius 3 is 2.27 bits per heavy atom. The Hall–Kier alpha value is -5.53. The lowest BCUT2D eigenvalue weighted by atomic mass is 10.0. The lowest BCUT2D eigenvalue weighted by Crippen LogP contribution is -2.25. The lowest BCUT2D eigenvalue weighted by molar-refractivity contribution is 0.112. The molecule has 6 aromatic rings. The normalized spacial score (nSPS) is 11.1. The summed E-state index contributed by atoms with van der Waals surface area (Å²) < 4.78 is 51.2. The molecule has 0 aliphatic rings. The van der Waals surface area contributed by atoms with Crippen molar-refractivity contribution in [2.24, 2.45) is 0 Å². The molecule has 3 aromatic carbocycles. The standard InChI is InChI=1S/C20H17FN4O.C14H12FNO2.CH4O2S/c1-12-3-4-13(10-23-12)16-9-18-14(11-24-25-18)7-20(16)26-19-6-5-15(22-2)8-17(19)21;1-9-7-10(2)16(14(18)13(9)8-17)12-5-3-11(15)4-6-12;1-4(2)3/h3-11,22H,1-2H3,(H,24,25);3-8H,1-2H3;1H3,(H,2,3). The molecule has 0 radical (unpaired) electrons. The van der Waals surface area contributed by atoms with Crippen molar-refractivity contribution in [1.29, 1.82) is 0 Å². The van der Waals surface area contributed by atoms with Gasteiger partial charge in [-0.2, -0.15) is 5.10 Å². The molecule has 1 unspecified atom stereocenters. The van der Waals surface area contributed by atoms with Crippen LogP contribution in [0.4, 0.5) is 14.5 Å². The number of benzene rings is 3. The van der Waals surface area contributed by atoms with E-state index in [1.165, 1.54) is 41.2 Å². The van der Waals surface area contributed by atoms with E-state index in [2.05, 4.69) is 20.5 Å². The average Bonchev–Trinajstić information content (AvgIpc) is 3.50. The van der Waals surface area contributed by atoms with E-state index in [9.17, 15) is 18.4 Å². The third kappa shape index (κ3) is 8.63. The fraction of sp³-hybridized carbons (Fsp3) is 0.143. The van der Waals surface area contributed by atoms with Gasteiger partial charge in [0.2, 0.25) is 0 Å². The summed E-state index contributed by atoms with van der Waals surface area (Å²) in [7, 11) is 1.74. The summed E-state index contributed by atoms with van der Waals surface area (Å²) in [4.78, 5) is 27.4. The Morgan fingerprint density at radius 1 is 0.958 bits per heavy atom. The number of fused-ring (bicyclic) bond motifs is 1. The van der Waals surface area contributed by atoms with Crippen LogP contribution >= 0.6 is 0 Å². The molecule has 0 amide bonds. The Bertz CT molecular complexity index is 2130. The summed E-state index contributed by atoms with van der Waals surface area (Å²) in [6.07, 6.45) is 5.23. The van der Waals surface area contributed by atoms with Crippen LogP contribution in [0, 0.1) is 32.4 Å². The quantitative estimate of drug-likeness (QED) is 0.125. The first-order valence-electron chi connectivity index (χ1n) is 14.4. The van der Waals surface area contributed by atoms with Crippen molar-refractivity contribution in [2.75, 3.05) is 18.6 Å². The molecule has 3 N–H and O–H groups in total. The number of rotatable bonds is 6. The molecule has 13 heteroatoms. The van der Waals surface area contributed by atoms with Crippen LogP contribution in [0.2, 0.25) is 0 Å². The van der Waals surface area contributed by atoms with E-state index in [1.807, 2.05) is 31.2 Å². The number of aromatic nitrogens is 4. The highest BCUT2D eigenvalue weighted by molar-refractivity contribution is 7.78. The van der Waals surface area contributed by atoms with E-state index in [4.69, 9.17) is 13.5 Å². The zero-order valence-corrected chi connectivity index (χ0v) is 27.6. The Morgan fingerprint density at radius 2 is 1.67 bits per heavy atom. The number of ether oxygens (including phenoxy) is 1. The molecule has 248 valence electrons. The molecule has 0 fully saturated rings. The van der Waals surface area contributed by atoms with Gasteiger partial charge >= 0.3 is 0 Å². The number of nitrogens with zero attached hydrogens (tertiary/aromatic N) is 3. The predicted octanol–water partition coefficient (Wildman–Crippen LogP) is 7.15. The highest BCUT2D eigenvalue weighted by Crippen LogP contribution is 2.37. The van der Waals surface area contributed by atoms with Gasteiger partial charge in [-0.05, 0) is 87.0 Å². The second kappa shape index (κ2) is 15.8. The van der Waals surface area contributed by atoms with Crippen LogP contribution < -0.4 is 15.6 Å². The highest BCUT2D eigenvalue weighted by Gasteiger charge is 2.14. The Kier molecular flexibility index (Phi) is 11.7. The first kappa shape index (κ1) is 35.3. The topological polar surface area (TPSA) is 139 Å². The summed E-state index contributed by atoms with van der Waals surface area (Å²) in [6, 6.07) is 19.8. The third-order valence-corrected chi connectivity index (χ3v) is 7.04. The van der Waals surface area contributed by atoms with Crippen LogP contribution in [0.3, 0.4) is 0 Å². The molecule has 0 saturated carbocycles. The van der Waals surface area contributed by atoms with Crippen molar-refractivity contribution in [3.63, 3.8) is 0 Å². The average molecular weight is 674 g/mol. The molecular formula is C35H33F2N5O5S. The molecule has 3 heterocycles. The number of anilines is 1. The number of carbonyl (C=O) groups is 1. The highest BCUT2D eigenvalue weighted by atomic mass is 32.2. The number of pyridine rings is 2. The zero-order chi connectivity index (χ0) is 35.0. The first-order valence-corrected chi connectivity index (χ1v) is 16.0. The van der Waals surface area contributed by atoms with E-state index in [0.717, 1.165) is 27.7 Å². The summed E-state index contributed by atoms with van der Waals surface area (Å²) >= 11 is -1.61. The molecule has 10 nitrogen and oxygen atoms in total. The summed E-state index contributed by atoms with van der Waals surface area (Å²) in [5, 5.41) is 10.8. The van der Waals surface area contributed by atoms with Crippen molar-refractivity contribution in [1.82, 2.24) is 19.7 Å². The van der Waals surface area contributed by atoms with Gasteiger partial charge in [-0.3, -0.25) is 24.2 Å². The number of aryl methyl sites for hydroxylation is 3. The number of aldehydes is 1. The van der Waals surface area contributed by atoms with E-state index in [1.54, 1.807) is 51.5 Å². The number of nitrogens with one attached hydrogen (secondary N) is 2. The van der Waals surface area contributed by atoms with Gasteiger partial charge in [-0.1, -0.05) is 6.07 Å². The van der Waals surface area contributed by atoms with Gasteiger partial charge in [0.25, 0.3) is 5.56 Å². The minimum absolute atomic E-state index is 0.130. The molecule has 0 aliphatic carbocycles. The minimum Gasteiger partial charge on any atom is -0.454 e. The maximum absolute atomic E-state index is 14.4. The van der Waals surface area contributed by atoms with Crippen molar-refractivity contribution in [3.8, 4) is 28.3 Å². The summed E-state index contributed by atoms with van der Waals surface area (Å²) in [5.41, 5.74) is 5.82. The lowest BCUT2D eigenvalue weighted by Gasteiger charge is -2.13. The van der Waals surface area contributed by atoms with Gasteiger partial charge in [-0.25, -0.2) is 13.0 Å². The monoisotopic (exact) mass is 673 g/mol. The molecule has 0 saturated heterocycles. The van der Waals surface area contributed by atoms with Gasteiger partial charge in [0.1, 0.15) is 22.6 Å². The summed E-state index contributed by atoms with van der Waals surface area (Å²) in [5.74, 6) is -0.0990. The molecule has 0 bridgehead atoms. The Balaban J connectivity index is 0.000000206. The van der Waals surface area contributed by atoms with E-state index < -0.39 is 16.9 Å². The summed E-state index contributed by atoms with van der Waals surface area (Å²) in [6.45, 7) is 5.41. The smallest absolute Gasteiger partial charge is 0.266 e. The second-order valence-corrected chi connectivity index (χ2v) is 11.4. The molecule has 0 spiro atoms. The van der Waals surface area contributed by atoms with E-state index in [0.29, 0.717) is 34.7 Å². The molecule has 3 aromatic heterocycles. The molecule has 6 rings (SSSR count). The van der Waals surface area contributed by atoms with Crippen molar-refractivity contribution < 1.29 is 27.1 Å². The number of H-pyrrole nitrogens is 1. The zero-order valence-electron chi connectivity index (χ0n) is 26.7. The van der Waals surface area contributed by atoms with Gasteiger partial charge in [0.05, 0.1) is 17.3 Å². The number of carbonyl (C=O) groups excluding carboxylic acids is 1. The van der Waals surface area contributed by atoms with Crippen molar-refractivity contribution in [2.45, 2.75) is 20.8 Å². The van der Waals surface area contributed by atoms with Crippen LogP contribution in [0.25, 0.3) is 27.7 Å². The van der Waals surface area contributed by atoms with Gasteiger partial charge in [0, 0.05) is 64.8 Å². The number of halogens is 2.